The summed E-state index contributed by atoms with van der Waals surface area (Å²) in [5.74, 6) is 0.994. The van der Waals surface area contributed by atoms with Crippen molar-refractivity contribution >= 4 is 28.5 Å². The zero-order valence-corrected chi connectivity index (χ0v) is 18.7. The summed E-state index contributed by atoms with van der Waals surface area (Å²) < 4.78 is 0. The van der Waals surface area contributed by atoms with Crippen LogP contribution in [0.3, 0.4) is 0 Å². The number of rotatable bonds is 3. The van der Waals surface area contributed by atoms with Crippen LogP contribution in [-0.2, 0) is 10.5 Å². The molecule has 0 unspecified atom stereocenters. The standard InChI is InChI=1S/C25H26N4OS/c1-16-7-11-18(12-8-16)15-31-25-27-24(30)22-20-5-3-4-6-21(20)26-23(29(22)28-25)19-13-9-17(2)10-14-19/h3-9,11-12,19,23H,10,13-15H2,1-2H3,(H,27,28,30)/t19-,23+/m1/s1. The smallest absolute Gasteiger partial charge is 0.276 e. The molecule has 2 aromatic rings. The quantitative estimate of drug-likeness (QED) is 0.759. The maximum Gasteiger partial charge on any atom is 0.276 e. The first-order chi connectivity index (χ1) is 15.1. The molecule has 0 fully saturated rings. The number of benzene rings is 2. The van der Waals surface area contributed by atoms with Gasteiger partial charge in [-0.25, -0.2) is 5.01 Å². The molecule has 2 aromatic carbocycles. The Morgan fingerprint density at radius 3 is 2.71 bits per heavy atom. The van der Waals surface area contributed by atoms with Crippen LogP contribution >= 0.6 is 11.8 Å². The van der Waals surface area contributed by atoms with E-state index in [1.165, 1.54) is 16.7 Å². The Balaban J connectivity index is 1.49. The number of carbonyl (C=O) groups excluding carboxylic acids is 1. The first-order valence-corrected chi connectivity index (χ1v) is 11.8. The van der Waals surface area contributed by atoms with E-state index in [-0.39, 0.29) is 12.1 Å². The average molecular weight is 431 g/mol. The van der Waals surface area contributed by atoms with E-state index >= 15 is 0 Å². The highest BCUT2D eigenvalue weighted by atomic mass is 32.2. The second-order valence-electron chi connectivity index (χ2n) is 8.47. The molecule has 0 radical (unpaired) electrons. The summed E-state index contributed by atoms with van der Waals surface area (Å²) in [7, 11) is 0. The van der Waals surface area contributed by atoms with Gasteiger partial charge < -0.3 is 0 Å². The molecule has 2 heterocycles. The molecule has 0 bridgehead atoms. The third-order valence-electron chi connectivity index (χ3n) is 6.14. The number of amidine groups is 1. The minimum Gasteiger partial charge on any atom is -0.298 e. The molecule has 5 nitrogen and oxygen atoms in total. The third kappa shape index (κ3) is 4.04. The summed E-state index contributed by atoms with van der Waals surface area (Å²) in [6.45, 7) is 4.27. The van der Waals surface area contributed by atoms with Gasteiger partial charge in [-0.15, -0.1) is 5.10 Å². The molecule has 1 amide bonds. The fourth-order valence-corrected chi connectivity index (χ4v) is 5.12. The molecule has 0 saturated heterocycles. The molecule has 1 aliphatic carbocycles. The van der Waals surface area contributed by atoms with Gasteiger partial charge in [-0.05, 0) is 44.7 Å². The summed E-state index contributed by atoms with van der Waals surface area (Å²) >= 11 is 1.56. The number of aryl methyl sites for hydroxylation is 1. The Hall–Kier alpha value is -2.86. The van der Waals surface area contributed by atoms with Crippen LogP contribution in [0, 0.1) is 12.8 Å². The largest absolute Gasteiger partial charge is 0.298 e. The minimum absolute atomic E-state index is 0.101. The van der Waals surface area contributed by atoms with Gasteiger partial charge in [-0.2, -0.15) is 0 Å². The zero-order valence-electron chi connectivity index (χ0n) is 17.8. The van der Waals surface area contributed by atoms with Gasteiger partial charge in [0.25, 0.3) is 5.91 Å². The molecule has 2 atom stereocenters. The Morgan fingerprint density at radius 2 is 1.94 bits per heavy atom. The maximum absolute atomic E-state index is 13.2. The van der Waals surface area contributed by atoms with Crippen LogP contribution in [0.5, 0.6) is 0 Å². The predicted octanol–water partition coefficient (Wildman–Crippen LogP) is 3.45. The van der Waals surface area contributed by atoms with Crippen molar-refractivity contribution in [3.63, 3.8) is 0 Å². The average Bonchev–Trinajstić information content (AvgIpc) is 2.78. The van der Waals surface area contributed by atoms with Gasteiger partial charge in [0.05, 0.1) is 5.36 Å². The Morgan fingerprint density at radius 1 is 1.13 bits per heavy atom. The van der Waals surface area contributed by atoms with Gasteiger partial charge in [0.2, 0.25) is 0 Å². The number of hydrogen-bond donors (Lipinski definition) is 1. The van der Waals surface area contributed by atoms with Gasteiger partial charge in [-0.1, -0.05) is 71.4 Å². The van der Waals surface area contributed by atoms with Gasteiger partial charge >= 0.3 is 0 Å². The molecular weight excluding hydrogens is 404 g/mol. The monoisotopic (exact) mass is 430 g/mol. The van der Waals surface area contributed by atoms with Crippen molar-refractivity contribution in [1.29, 1.82) is 0 Å². The second-order valence-corrected chi connectivity index (χ2v) is 9.44. The number of carbonyl (C=O) groups is 1. The molecule has 3 aliphatic rings. The molecular formula is C25H26N4OS. The lowest BCUT2D eigenvalue weighted by Crippen LogP contribution is -2.54. The van der Waals surface area contributed by atoms with Crippen molar-refractivity contribution in [2.75, 3.05) is 0 Å². The topological polar surface area (TPSA) is 57.1 Å². The first-order valence-electron chi connectivity index (χ1n) is 10.8. The maximum atomic E-state index is 13.2. The van der Waals surface area contributed by atoms with E-state index in [2.05, 4.69) is 49.5 Å². The van der Waals surface area contributed by atoms with Gasteiger partial charge in [0.1, 0.15) is 11.9 Å². The summed E-state index contributed by atoms with van der Waals surface area (Å²) in [6, 6.07) is 16.3. The molecule has 0 spiro atoms. The number of allylic oxidation sites excluding steroid dienone is 2. The molecule has 0 aromatic heterocycles. The van der Waals surface area contributed by atoms with Crippen LogP contribution < -0.4 is 15.9 Å². The van der Waals surface area contributed by atoms with Crippen molar-refractivity contribution in [3.8, 4) is 0 Å². The third-order valence-corrected chi connectivity index (χ3v) is 7.08. The number of hydrazone groups is 1. The SMILES string of the molecule is CC1=CC[C@@H]([C@H]2N=c3ccccc3=C3C(=O)NC(SCc4ccc(C)cc4)=NN32)CC1. The number of hydrogen-bond acceptors (Lipinski definition) is 5. The Labute approximate surface area is 186 Å². The molecule has 0 saturated carbocycles. The van der Waals surface area contributed by atoms with E-state index in [9.17, 15) is 4.79 Å². The van der Waals surface area contributed by atoms with Crippen molar-refractivity contribution in [3.05, 3.63) is 81.9 Å². The van der Waals surface area contributed by atoms with Gasteiger partial charge in [0.15, 0.2) is 5.17 Å². The van der Waals surface area contributed by atoms with Gasteiger partial charge in [0, 0.05) is 16.9 Å². The molecule has 158 valence electrons. The molecule has 31 heavy (non-hydrogen) atoms. The van der Waals surface area contributed by atoms with Crippen LogP contribution in [0.4, 0.5) is 0 Å². The lowest BCUT2D eigenvalue weighted by atomic mass is 9.87. The molecule has 6 heteroatoms. The van der Waals surface area contributed by atoms with Crippen LogP contribution in [-0.4, -0.2) is 22.2 Å². The Bertz CT molecular complexity index is 1200. The van der Waals surface area contributed by atoms with Gasteiger partial charge in [-0.3, -0.25) is 15.1 Å². The minimum atomic E-state index is -0.157. The Kier molecular flexibility index (Phi) is 5.40. The first kappa shape index (κ1) is 20.1. The number of para-hydroxylation sites is 1. The summed E-state index contributed by atoms with van der Waals surface area (Å²) in [6.07, 6.45) is 5.26. The highest BCUT2D eigenvalue weighted by Crippen LogP contribution is 2.33. The number of nitrogens with zero attached hydrogens (tertiary/aromatic N) is 3. The number of nitrogens with one attached hydrogen (secondary N) is 1. The van der Waals surface area contributed by atoms with Crippen molar-refractivity contribution in [1.82, 2.24) is 10.3 Å². The molecule has 2 aliphatic heterocycles. The summed E-state index contributed by atoms with van der Waals surface area (Å²) in [5, 5.41) is 12.2. The molecule has 5 rings (SSSR count). The van der Waals surface area contributed by atoms with Crippen molar-refractivity contribution < 1.29 is 4.79 Å². The van der Waals surface area contributed by atoms with E-state index in [4.69, 9.17) is 10.1 Å². The fraction of sp³-hybridized carbons (Fsp3) is 0.320. The van der Waals surface area contributed by atoms with Crippen LogP contribution in [0.2, 0.25) is 0 Å². The zero-order chi connectivity index (χ0) is 21.4. The fourth-order valence-electron chi connectivity index (χ4n) is 4.32. The highest BCUT2D eigenvalue weighted by Gasteiger charge is 2.37. The van der Waals surface area contributed by atoms with Crippen LogP contribution in [0.1, 0.15) is 37.3 Å². The summed E-state index contributed by atoms with van der Waals surface area (Å²) in [5.41, 5.74) is 4.50. The lowest BCUT2D eigenvalue weighted by molar-refractivity contribution is -0.116. The van der Waals surface area contributed by atoms with E-state index in [0.29, 0.717) is 16.8 Å². The number of fused-ring (bicyclic) bond motifs is 2. The summed E-state index contributed by atoms with van der Waals surface area (Å²) in [4.78, 5) is 18.3. The van der Waals surface area contributed by atoms with E-state index < -0.39 is 0 Å². The normalized spacial score (nSPS) is 22.6. The number of thioether (sulfide) groups is 1. The van der Waals surface area contributed by atoms with E-state index in [1.807, 2.05) is 29.3 Å². The van der Waals surface area contributed by atoms with E-state index in [1.54, 1.807) is 11.8 Å². The molecule has 1 N–H and O–H groups in total. The second kappa shape index (κ2) is 8.35. The predicted molar refractivity (Wildman–Crippen MR) is 125 cm³/mol. The highest BCUT2D eigenvalue weighted by molar-refractivity contribution is 8.13. The lowest BCUT2D eigenvalue weighted by Gasteiger charge is -2.38. The van der Waals surface area contributed by atoms with Crippen molar-refractivity contribution in [2.45, 2.75) is 45.0 Å². The number of amides is 1. The van der Waals surface area contributed by atoms with E-state index in [0.717, 1.165) is 35.6 Å². The van der Waals surface area contributed by atoms with Crippen LogP contribution in [0.15, 0.2) is 70.3 Å². The van der Waals surface area contributed by atoms with Crippen LogP contribution in [0.25, 0.3) is 5.70 Å². The van der Waals surface area contributed by atoms with Crippen molar-refractivity contribution in [2.24, 2.45) is 16.0 Å².